The summed E-state index contributed by atoms with van der Waals surface area (Å²) < 4.78 is 5.27. The van der Waals surface area contributed by atoms with Gasteiger partial charge in [-0.2, -0.15) is 4.98 Å². The second kappa shape index (κ2) is 3.65. The zero-order chi connectivity index (χ0) is 14.2. The minimum atomic E-state index is -0.670. The van der Waals surface area contributed by atoms with Gasteiger partial charge in [-0.3, -0.25) is 0 Å². The first-order valence-corrected chi connectivity index (χ1v) is 7.84. The van der Waals surface area contributed by atoms with Gasteiger partial charge in [0.25, 0.3) is 5.89 Å². The molecule has 110 valence electrons. The summed E-state index contributed by atoms with van der Waals surface area (Å²) >= 11 is 0. The van der Waals surface area contributed by atoms with Crippen LogP contribution in [0, 0.1) is 16.7 Å². The van der Waals surface area contributed by atoms with Gasteiger partial charge in [-0.1, -0.05) is 19.0 Å². The third kappa shape index (κ3) is 1.70. The lowest BCUT2D eigenvalue weighted by Gasteiger charge is -2.64. The molecular formula is C16H24N2O2. The lowest BCUT2D eigenvalue weighted by molar-refractivity contribution is -0.113. The lowest BCUT2D eigenvalue weighted by atomic mass is 9.40. The van der Waals surface area contributed by atoms with Crippen molar-refractivity contribution in [3.8, 4) is 0 Å². The van der Waals surface area contributed by atoms with E-state index in [0.29, 0.717) is 16.7 Å². The average molecular weight is 276 g/mol. The van der Waals surface area contributed by atoms with Crippen LogP contribution in [0.2, 0.25) is 0 Å². The standard InChI is InChI=1S/C16H24N2O2/c1-10(19)12-17-13(18-20-12)16-6-11-4-14(2,8-16)7-15(3,5-11)9-16/h10-11,19H,4-9H2,1-3H3. The van der Waals surface area contributed by atoms with Gasteiger partial charge in [0.2, 0.25) is 0 Å². The summed E-state index contributed by atoms with van der Waals surface area (Å²) in [5, 5.41) is 13.9. The van der Waals surface area contributed by atoms with Crippen molar-refractivity contribution >= 4 is 0 Å². The van der Waals surface area contributed by atoms with Crippen molar-refractivity contribution in [3.05, 3.63) is 11.7 Å². The molecule has 1 N–H and O–H groups in total. The average Bonchev–Trinajstić information content (AvgIpc) is 2.72. The molecule has 0 radical (unpaired) electrons. The maximum Gasteiger partial charge on any atom is 0.255 e. The van der Waals surface area contributed by atoms with E-state index in [1.807, 2.05) is 0 Å². The molecule has 20 heavy (non-hydrogen) atoms. The van der Waals surface area contributed by atoms with Crippen molar-refractivity contribution in [2.75, 3.05) is 0 Å². The van der Waals surface area contributed by atoms with E-state index < -0.39 is 6.10 Å². The van der Waals surface area contributed by atoms with Crippen LogP contribution >= 0.6 is 0 Å². The Morgan fingerprint density at radius 3 is 2.30 bits per heavy atom. The first-order valence-electron chi connectivity index (χ1n) is 7.84. The summed E-state index contributed by atoms with van der Waals surface area (Å²) in [4.78, 5) is 4.53. The maximum absolute atomic E-state index is 9.62. The van der Waals surface area contributed by atoms with Crippen LogP contribution in [-0.4, -0.2) is 15.2 Å². The van der Waals surface area contributed by atoms with E-state index in [4.69, 9.17) is 4.52 Å². The number of hydrogen-bond acceptors (Lipinski definition) is 4. The molecule has 4 aliphatic rings. The molecule has 0 saturated heterocycles. The van der Waals surface area contributed by atoms with E-state index in [2.05, 4.69) is 24.0 Å². The molecule has 4 heteroatoms. The van der Waals surface area contributed by atoms with E-state index in [0.717, 1.165) is 11.7 Å². The summed E-state index contributed by atoms with van der Waals surface area (Å²) in [6.07, 6.45) is 6.99. The van der Waals surface area contributed by atoms with E-state index in [1.54, 1.807) is 6.92 Å². The van der Waals surface area contributed by atoms with E-state index in [-0.39, 0.29) is 5.41 Å². The fraction of sp³-hybridized carbons (Fsp3) is 0.875. The lowest BCUT2D eigenvalue weighted by Crippen LogP contribution is -2.57. The molecule has 0 spiro atoms. The van der Waals surface area contributed by atoms with Crippen molar-refractivity contribution in [2.45, 2.75) is 70.8 Å². The molecule has 4 bridgehead atoms. The zero-order valence-electron chi connectivity index (χ0n) is 12.6. The second-order valence-electron chi connectivity index (χ2n) is 8.54. The highest BCUT2D eigenvalue weighted by Gasteiger charge is 2.62. The molecule has 4 fully saturated rings. The molecular weight excluding hydrogens is 252 g/mol. The van der Waals surface area contributed by atoms with Gasteiger partial charge in [-0.25, -0.2) is 0 Å². The molecule has 0 aliphatic heterocycles. The Morgan fingerprint density at radius 2 is 1.80 bits per heavy atom. The van der Waals surface area contributed by atoms with Crippen LogP contribution in [0.5, 0.6) is 0 Å². The summed E-state index contributed by atoms with van der Waals surface area (Å²) in [6, 6.07) is 0. The normalized spacial score (nSPS) is 47.7. The minimum Gasteiger partial charge on any atom is -0.384 e. The fourth-order valence-electron chi connectivity index (χ4n) is 6.32. The molecule has 0 aromatic carbocycles. The van der Waals surface area contributed by atoms with Crippen LogP contribution in [0.4, 0.5) is 0 Å². The van der Waals surface area contributed by atoms with Crippen molar-refractivity contribution in [1.82, 2.24) is 10.1 Å². The number of aromatic nitrogens is 2. The van der Waals surface area contributed by atoms with Crippen molar-refractivity contribution in [3.63, 3.8) is 0 Å². The van der Waals surface area contributed by atoms with Crippen LogP contribution in [0.25, 0.3) is 0 Å². The molecule has 5 rings (SSSR count). The highest BCUT2D eigenvalue weighted by molar-refractivity contribution is 5.21. The third-order valence-electron chi connectivity index (χ3n) is 5.90. The summed E-state index contributed by atoms with van der Waals surface area (Å²) in [5.41, 5.74) is 0.985. The zero-order valence-corrected chi connectivity index (χ0v) is 12.6. The Labute approximate surface area is 120 Å². The minimum absolute atomic E-state index is 0.0968. The van der Waals surface area contributed by atoms with E-state index >= 15 is 0 Å². The Bertz CT molecular complexity index is 532. The Morgan fingerprint density at radius 1 is 1.15 bits per heavy atom. The van der Waals surface area contributed by atoms with Gasteiger partial charge in [0.05, 0.1) is 0 Å². The quantitative estimate of drug-likeness (QED) is 0.899. The topological polar surface area (TPSA) is 59.2 Å². The highest BCUT2D eigenvalue weighted by atomic mass is 16.5. The first kappa shape index (κ1) is 12.8. The predicted octanol–water partition coefficient (Wildman–Crippen LogP) is 3.37. The number of hydrogen-bond donors (Lipinski definition) is 1. The number of aliphatic hydroxyl groups is 1. The predicted molar refractivity (Wildman–Crippen MR) is 74.0 cm³/mol. The van der Waals surface area contributed by atoms with Gasteiger partial charge in [-0.15, -0.1) is 0 Å². The largest absolute Gasteiger partial charge is 0.384 e. The van der Waals surface area contributed by atoms with Gasteiger partial charge in [0, 0.05) is 5.41 Å². The second-order valence-corrected chi connectivity index (χ2v) is 8.54. The van der Waals surface area contributed by atoms with Gasteiger partial charge in [0.15, 0.2) is 5.82 Å². The summed E-state index contributed by atoms with van der Waals surface area (Å²) in [6.45, 7) is 6.57. The number of nitrogens with zero attached hydrogens (tertiary/aromatic N) is 2. The molecule has 1 aromatic heterocycles. The summed E-state index contributed by atoms with van der Waals surface area (Å²) in [7, 11) is 0. The Hall–Kier alpha value is -0.900. The monoisotopic (exact) mass is 276 g/mol. The van der Waals surface area contributed by atoms with Crippen LogP contribution in [0.3, 0.4) is 0 Å². The number of rotatable bonds is 2. The molecule has 4 saturated carbocycles. The molecule has 1 aromatic rings. The molecule has 4 nitrogen and oxygen atoms in total. The third-order valence-corrected chi connectivity index (χ3v) is 5.90. The highest BCUT2D eigenvalue weighted by Crippen LogP contribution is 2.69. The van der Waals surface area contributed by atoms with Crippen LogP contribution in [-0.2, 0) is 5.41 Å². The summed E-state index contributed by atoms with van der Waals surface area (Å²) in [5.74, 6) is 2.04. The SMILES string of the molecule is CC(O)c1nc(C23CC4CC(C)(CC(C)(C4)C2)C3)no1. The first-order chi connectivity index (χ1) is 9.32. The van der Waals surface area contributed by atoms with Crippen molar-refractivity contribution in [1.29, 1.82) is 0 Å². The molecule has 3 atom stereocenters. The van der Waals surface area contributed by atoms with E-state index in [1.165, 1.54) is 38.5 Å². The molecule has 3 unspecified atom stereocenters. The van der Waals surface area contributed by atoms with Gasteiger partial charge < -0.3 is 9.63 Å². The van der Waals surface area contributed by atoms with E-state index in [9.17, 15) is 5.11 Å². The van der Waals surface area contributed by atoms with Gasteiger partial charge >= 0.3 is 0 Å². The Balaban J connectivity index is 1.76. The van der Waals surface area contributed by atoms with Crippen LogP contribution in [0.1, 0.15) is 77.1 Å². The van der Waals surface area contributed by atoms with Gasteiger partial charge in [0.1, 0.15) is 6.10 Å². The van der Waals surface area contributed by atoms with Gasteiger partial charge in [-0.05, 0) is 62.2 Å². The fourth-order valence-corrected chi connectivity index (χ4v) is 6.32. The molecule has 4 aliphatic carbocycles. The van der Waals surface area contributed by atoms with Crippen molar-refractivity contribution < 1.29 is 9.63 Å². The number of aliphatic hydroxyl groups excluding tert-OH is 1. The Kier molecular flexibility index (Phi) is 2.34. The van der Waals surface area contributed by atoms with Crippen molar-refractivity contribution in [2.24, 2.45) is 16.7 Å². The smallest absolute Gasteiger partial charge is 0.255 e. The van der Waals surface area contributed by atoms with Crippen LogP contribution < -0.4 is 0 Å². The maximum atomic E-state index is 9.62. The van der Waals surface area contributed by atoms with Crippen LogP contribution in [0.15, 0.2) is 4.52 Å². The molecule has 1 heterocycles. The molecule has 0 amide bonds.